The van der Waals surface area contributed by atoms with Crippen molar-refractivity contribution in [2.45, 2.75) is 44.5 Å². The minimum atomic E-state index is -0.0228. The second kappa shape index (κ2) is 9.49. The molecule has 1 fully saturated rings. The van der Waals surface area contributed by atoms with Crippen LogP contribution in [0.3, 0.4) is 0 Å². The maximum absolute atomic E-state index is 12.6. The van der Waals surface area contributed by atoms with Crippen molar-refractivity contribution in [3.05, 3.63) is 65.9 Å². The minimum Gasteiger partial charge on any atom is -0.376 e. The molecule has 2 aromatic carbocycles. The molecule has 1 N–H and O–H groups in total. The van der Waals surface area contributed by atoms with Gasteiger partial charge < -0.3 is 14.6 Å². The van der Waals surface area contributed by atoms with Crippen LogP contribution in [0.15, 0.2) is 59.9 Å². The van der Waals surface area contributed by atoms with Crippen LogP contribution in [0.1, 0.15) is 24.0 Å². The number of benzene rings is 2. The summed E-state index contributed by atoms with van der Waals surface area (Å²) in [6, 6.07) is 16.3. The smallest absolute Gasteiger partial charge is 0.234 e. The van der Waals surface area contributed by atoms with E-state index in [0.717, 1.165) is 59.2 Å². The number of imidazole rings is 1. The molecule has 30 heavy (non-hydrogen) atoms. The Morgan fingerprint density at radius 2 is 1.93 bits per heavy atom. The van der Waals surface area contributed by atoms with E-state index in [1.54, 1.807) is 0 Å². The summed E-state index contributed by atoms with van der Waals surface area (Å²) in [7, 11) is 0. The third kappa shape index (κ3) is 4.77. The zero-order valence-corrected chi connectivity index (χ0v) is 18.2. The van der Waals surface area contributed by atoms with Gasteiger partial charge in [-0.1, -0.05) is 60.3 Å². The molecule has 6 heteroatoms. The summed E-state index contributed by atoms with van der Waals surface area (Å²) >= 11 is 1.47. The molecule has 1 aliphatic rings. The Labute approximate surface area is 181 Å². The van der Waals surface area contributed by atoms with E-state index in [1.807, 2.05) is 56.4 Å². The first-order valence-electron chi connectivity index (χ1n) is 10.3. The second-order valence-electron chi connectivity index (χ2n) is 7.64. The summed E-state index contributed by atoms with van der Waals surface area (Å²) in [6.45, 7) is 5.60. The molecule has 2 heterocycles. The number of ether oxygens (including phenoxy) is 1. The number of amides is 1. The van der Waals surface area contributed by atoms with E-state index in [2.05, 4.69) is 27.0 Å². The molecule has 3 aromatic rings. The third-order valence-electron chi connectivity index (χ3n) is 5.38. The molecule has 1 aliphatic heterocycles. The predicted molar refractivity (Wildman–Crippen MR) is 122 cm³/mol. The fraction of sp³-hybridized carbons (Fsp3) is 0.333. The molecule has 0 spiro atoms. The molecule has 0 bridgehead atoms. The average molecular weight is 422 g/mol. The first kappa shape index (κ1) is 20.7. The lowest BCUT2D eigenvalue weighted by Crippen LogP contribution is -2.18. The fourth-order valence-electron chi connectivity index (χ4n) is 3.80. The Hall–Kier alpha value is -2.57. The van der Waals surface area contributed by atoms with Crippen molar-refractivity contribution in [1.29, 1.82) is 0 Å². The molecule has 5 nitrogen and oxygen atoms in total. The topological polar surface area (TPSA) is 56.2 Å². The van der Waals surface area contributed by atoms with Crippen molar-refractivity contribution in [3.63, 3.8) is 0 Å². The van der Waals surface area contributed by atoms with E-state index >= 15 is 0 Å². The van der Waals surface area contributed by atoms with Gasteiger partial charge in [-0.2, -0.15) is 0 Å². The number of nitrogens with zero attached hydrogens (tertiary/aromatic N) is 2. The lowest BCUT2D eigenvalue weighted by molar-refractivity contribution is -0.113. The van der Waals surface area contributed by atoms with Gasteiger partial charge in [-0.05, 0) is 43.4 Å². The molecular formula is C24H27N3O2S. The zero-order valence-electron chi connectivity index (χ0n) is 17.4. The number of nitrogens with one attached hydrogen (secondary N) is 1. The van der Waals surface area contributed by atoms with E-state index in [-0.39, 0.29) is 12.0 Å². The average Bonchev–Trinajstić information content (AvgIpc) is 3.40. The molecule has 1 amide bonds. The molecule has 156 valence electrons. The van der Waals surface area contributed by atoms with Gasteiger partial charge in [0, 0.05) is 12.3 Å². The SMILES string of the molecule is Cc1cccc(C)c1NC(=O)CSc1ncc(-c2ccccc2)n1C[C@@H]1CCCO1. The van der Waals surface area contributed by atoms with Crippen LogP contribution in [0, 0.1) is 13.8 Å². The standard InChI is InChI=1S/C24H27N3O2S/c1-17-8-6-9-18(2)23(17)26-22(28)16-30-24-25-14-21(19-10-4-3-5-11-19)27(24)15-20-12-7-13-29-20/h3-6,8-11,14,20H,7,12-13,15-16H2,1-2H3,(H,26,28)/t20-/m0/s1. The fourth-order valence-corrected chi connectivity index (χ4v) is 4.59. The highest BCUT2D eigenvalue weighted by Gasteiger charge is 2.21. The number of hydrogen-bond acceptors (Lipinski definition) is 4. The molecule has 4 rings (SSSR count). The summed E-state index contributed by atoms with van der Waals surface area (Å²) < 4.78 is 8.06. The highest BCUT2D eigenvalue weighted by molar-refractivity contribution is 7.99. The molecule has 0 saturated carbocycles. The normalized spacial score (nSPS) is 16.0. The van der Waals surface area contributed by atoms with Crippen LogP contribution in [-0.4, -0.2) is 33.9 Å². The number of thioether (sulfide) groups is 1. The number of anilines is 1. The van der Waals surface area contributed by atoms with Crippen molar-refractivity contribution in [3.8, 4) is 11.3 Å². The second-order valence-corrected chi connectivity index (χ2v) is 8.58. The summed E-state index contributed by atoms with van der Waals surface area (Å²) in [5.41, 5.74) is 5.22. The monoisotopic (exact) mass is 421 g/mol. The number of carbonyl (C=O) groups is 1. The van der Waals surface area contributed by atoms with Crippen molar-refractivity contribution in [1.82, 2.24) is 9.55 Å². The Morgan fingerprint density at radius 1 is 1.17 bits per heavy atom. The van der Waals surface area contributed by atoms with Gasteiger partial charge >= 0.3 is 0 Å². The molecule has 0 unspecified atom stereocenters. The van der Waals surface area contributed by atoms with Crippen molar-refractivity contribution in [2.75, 3.05) is 17.7 Å². The summed E-state index contributed by atoms with van der Waals surface area (Å²) in [5, 5.41) is 3.91. The van der Waals surface area contributed by atoms with Gasteiger partial charge in [0.05, 0.1) is 30.3 Å². The van der Waals surface area contributed by atoms with E-state index < -0.39 is 0 Å². The number of rotatable bonds is 7. The summed E-state index contributed by atoms with van der Waals surface area (Å²) in [4.78, 5) is 17.3. The van der Waals surface area contributed by atoms with Gasteiger partial charge in [0.1, 0.15) is 0 Å². The minimum absolute atomic E-state index is 0.0228. The van der Waals surface area contributed by atoms with E-state index in [4.69, 9.17) is 4.74 Å². The van der Waals surface area contributed by atoms with Crippen LogP contribution in [0.4, 0.5) is 5.69 Å². The Kier molecular flexibility index (Phi) is 6.55. The first-order valence-corrected chi connectivity index (χ1v) is 11.3. The maximum Gasteiger partial charge on any atom is 0.234 e. The number of carbonyl (C=O) groups excluding carboxylic acids is 1. The molecule has 1 atom stereocenters. The highest BCUT2D eigenvalue weighted by atomic mass is 32.2. The van der Waals surface area contributed by atoms with Gasteiger partial charge in [-0.3, -0.25) is 4.79 Å². The van der Waals surface area contributed by atoms with Crippen molar-refractivity contribution < 1.29 is 9.53 Å². The lowest BCUT2D eigenvalue weighted by Gasteiger charge is -2.16. The molecular weight excluding hydrogens is 394 g/mol. The number of aromatic nitrogens is 2. The van der Waals surface area contributed by atoms with Gasteiger partial charge in [-0.15, -0.1) is 0 Å². The van der Waals surface area contributed by atoms with E-state index in [9.17, 15) is 4.79 Å². The molecule has 1 aromatic heterocycles. The van der Waals surface area contributed by atoms with Crippen LogP contribution < -0.4 is 5.32 Å². The quantitative estimate of drug-likeness (QED) is 0.541. The molecule has 0 radical (unpaired) electrons. The van der Waals surface area contributed by atoms with Gasteiger partial charge in [0.2, 0.25) is 5.91 Å². The van der Waals surface area contributed by atoms with Crippen LogP contribution in [0.5, 0.6) is 0 Å². The zero-order chi connectivity index (χ0) is 20.9. The number of hydrogen-bond donors (Lipinski definition) is 1. The highest BCUT2D eigenvalue weighted by Crippen LogP contribution is 2.28. The molecule has 1 saturated heterocycles. The van der Waals surface area contributed by atoms with Crippen LogP contribution in [-0.2, 0) is 16.1 Å². The van der Waals surface area contributed by atoms with Gasteiger partial charge in [0.15, 0.2) is 5.16 Å². The van der Waals surface area contributed by atoms with Gasteiger partial charge in [-0.25, -0.2) is 4.98 Å². The maximum atomic E-state index is 12.6. The molecule has 0 aliphatic carbocycles. The lowest BCUT2D eigenvalue weighted by atomic mass is 10.1. The first-order chi connectivity index (χ1) is 14.6. The number of para-hydroxylation sites is 1. The van der Waals surface area contributed by atoms with Crippen molar-refractivity contribution in [2.24, 2.45) is 0 Å². The van der Waals surface area contributed by atoms with Crippen LogP contribution >= 0.6 is 11.8 Å². The largest absolute Gasteiger partial charge is 0.376 e. The predicted octanol–water partition coefficient (Wildman–Crippen LogP) is 5.08. The van der Waals surface area contributed by atoms with E-state index in [1.165, 1.54) is 11.8 Å². The van der Waals surface area contributed by atoms with E-state index in [0.29, 0.717) is 5.75 Å². The number of aryl methyl sites for hydroxylation is 2. The van der Waals surface area contributed by atoms with Crippen molar-refractivity contribution >= 4 is 23.4 Å². The Morgan fingerprint density at radius 3 is 2.63 bits per heavy atom. The Bertz CT molecular complexity index is 990. The van der Waals surface area contributed by atoms with Crippen LogP contribution in [0.25, 0.3) is 11.3 Å². The third-order valence-corrected chi connectivity index (χ3v) is 6.37. The Balaban J connectivity index is 1.50. The summed E-state index contributed by atoms with van der Waals surface area (Å²) in [5.74, 6) is 0.287. The van der Waals surface area contributed by atoms with Crippen LogP contribution in [0.2, 0.25) is 0 Å². The summed E-state index contributed by atoms with van der Waals surface area (Å²) in [6.07, 6.45) is 4.25. The van der Waals surface area contributed by atoms with Gasteiger partial charge in [0.25, 0.3) is 0 Å².